The molecule has 57 heavy (non-hydrogen) atoms. The number of carbonyl (C=O) groups excluding carboxylic acids is 1. The number of sulfonamides is 1. The Labute approximate surface area is 344 Å². The van der Waals surface area contributed by atoms with E-state index in [1.165, 1.54) is 23.3 Å². The van der Waals surface area contributed by atoms with Gasteiger partial charge in [0.2, 0.25) is 0 Å². The van der Waals surface area contributed by atoms with Crippen molar-refractivity contribution in [3.63, 3.8) is 0 Å². The molecule has 1 atom stereocenters. The van der Waals surface area contributed by atoms with Crippen LogP contribution >= 0.6 is 23.4 Å². The molecule has 0 aromatic heterocycles. The van der Waals surface area contributed by atoms with E-state index in [2.05, 4.69) is 43.4 Å². The van der Waals surface area contributed by atoms with Gasteiger partial charge in [0.25, 0.3) is 21.6 Å². The number of nitrogens with zero attached hydrogens (tertiary/aromatic N) is 3. The van der Waals surface area contributed by atoms with E-state index in [1.807, 2.05) is 86.6 Å². The third-order valence-corrected chi connectivity index (χ3v) is 12.5. The van der Waals surface area contributed by atoms with E-state index in [-0.39, 0.29) is 28.2 Å². The number of hydrogen-bond acceptors (Lipinski definition) is 10. The highest BCUT2D eigenvalue weighted by Crippen LogP contribution is 2.31. The molecule has 14 heteroatoms. The Balaban J connectivity index is 1.06. The molecule has 1 aliphatic rings. The van der Waals surface area contributed by atoms with Crippen molar-refractivity contribution >= 4 is 56.4 Å². The van der Waals surface area contributed by atoms with Gasteiger partial charge in [-0.3, -0.25) is 19.8 Å². The summed E-state index contributed by atoms with van der Waals surface area (Å²) < 4.78 is 28.8. The number of benzene rings is 5. The lowest BCUT2D eigenvalue weighted by molar-refractivity contribution is -0.384. The largest absolute Gasteiger partial charge is 0.376 e. The number of piperazine rings is 1. The molecule has 1 heterocycles. The summed E-state index contributed by atoms with van der Waals surface area (Å²) in [5.41, 5.74) is 4.44. The molecule has 0 spiro atoms. The third-order valence-electron chi connectivity index (χ3n) is 9.74. The van der Waals surface area contributed by atoms with E-state index >= 15 is 0 Å². The number of thioether (sulfide) groups is 1. The SMILES string of the molecule is CC(C)NCC[C@H](CSc1ccccc1)Nc1ccc(S(=O)(=O)NC(=O)c2ccc(N3CCN(Cc4ccccc4-c4ccc(Cl)cc4)CC3)cc2)cc1[N+](=O)[O-]. The van der Waals surface area contributed by atoms with Crippen LogP contribution < -0.4 is 20.3 Å². The Morgan fingerprint density at radius 2 is 1.56 bits per heavy atom. The second-order valence-electron chi connectivity index (χ2n) is 14.2. The van der Waals surface area contributed by atoms with Crippen LogP contribution in [0.4, 0.5) is 17.1 Å². The van der Waals surface area contributed by atoms with Crippen molar-refractivity contribution in [2.24, 2.45) is 0 Å². The minimum Gasteiger partial charge on any atom is -0.376 e. The molecule has 1 amide bonds. The van der Waals surface area contributed by atoms with E-state index in [1.54, 1.807) is 23.9 Å². The second-order valence-corrected chi connectivity index (χ2v) is 17.4. The normalized spacial score (nSPS) is 14.0. The smallest absolute Gasteiger partial charge is 0.293 e. The highest BCUT2D eigenvalue weighted by Gasteiger charge is 2.26. The zero-order chi connectivity index (χ0) is 40.4. The van der Waals surface area contributed by atoms with E-state index in [9.17, 15) is 23.3 Å². The van der Waals surface area contributed by atoms with Gasteiger partial charge < -0.3 is 15.5 Å². The second kappa shape index (κ2) is 19.5. The van der Waals surface area contributed by atoms with E-state index in [0.717, 1.165) is 54.9 Å². The number of anilines is 2. The van der Waals surface area contributed by atoms with Gasteiger partial charge in [0.15, 0.2) is 0 Å². The fourth-order valence-electron chi connectivity index (χ4n) is 6.67. The predicted octanol–water partition coefficient (Wildman–Crippen LogP) is 8.32. The number of nitro benzene ring substituents is 1. The molecule has 5 aromatic rings. The van der Waals surface area contributed by atoms with Gasteiger partial charge >= 0.3 is 0 Å². The molecular weight excluding hydrogens is 780 g/mol. The molecular formula is C43H47ClN6O5S2. The van der Waals surface area contributed by atoms with Gasteiger partial charge in [0, 0.05) is 77.8 Å². The Bertz CT molecular complexity index is 2240. The number of halogens is 1. The molecule has 11 nitrogen and oxygen atoms in total. The van der Waals surface area contributed by atoms with Crippen molar-refractivity contribution in [2.45, 2.75) is 48.7 Å². The molecule has 1 fully saturated rings. The predicted molar refractivity (Wildman–Crippen MR) is 231 cm³/mol. The van der Waals surface area contributed by atoms with Gasteiger partial charge in [0.1, 0.15) is 5.69 Å². The van der Waals surface area contributed by atoms with Crippen LogP contribution in [0.2, 0.25) is 5.02 Å². The lowest BCUT2D eigenvalue weighted by Crippen LogP contribution is -2.46. The maximum atomic E-state index is 13.4. The molecule has 0 bridgehead atoms. The summed E-state index contributed by atoms with van der Waals surface area (Å²) in [5.74, 6) is -0.196. The van der Waals surface area contributed by atoms with Gasteiger partial charge in [0.05, 0.1) is 9.82 Å². The zero-order valence-corrected chi connectivity index (χ0v) is 34.3. The molecule has 1 aliphatic heterocycles. The highest BCUT2D eigenvalue weighted by molar-refractivity contribution is 7.99. The van der Waals surface area contributed by atoms with Crippen molar-refractivity contribution in [1.29, 1.82) is 0 Å². The van der Waals surface area contributed by atoms with Gasteiger partial charge in [-0.25, -0.2) is 13.1 Å². The van der Waals surface area contributed by atoms with Gasteiger partial charge in [-0.05, 0) is 90.3 Å². The fourth-order valence-corrected chi connectivity index (χ4v) is 8.78. The molecule has 5 aromatic carbocycles. The van der Waals surface area contributed by atoms with Crippen LogP contribution in [0, 0.1) is 10.1 Å². The van der Waals surface area contributed by atoms with E-state index < -0.39 is 26.5 Å². The number of nitrogens with one attached hydrogen (secondary N) is 3. The summed E-state index contributed by atoms with van der Waals surface area (Å²) in [6.45, 7) is 8.87. The topological polar surface area (TPSA) is 137 Å². The number of amides is 1. The van der Waals surface area contributed by atoms with Crippen LogP contribution in [-0.2, 0) is 16.6 Å². The number of carbonyl (C=O) groups is 1. The van der Waals surface area contributed by atoms with Gasteiger partial charge in [-0.15, -0.1) is 11.8 Å². The van der Waals surface area contributed by atoms with Crippen molar-refractivity contribution in [3.05, 3.63) is 148 Å². The summed E-state index contributed by atoms with van der Waals surface area (Å²) in [4.78, 5) is 30.1. The Morgan fingerprint density at radius 3 is 2.25 bits per heavy atom. The first-order chi connectivity index (χ1) is 27.4. The molecule has 0 radical (unpaired) electrons. The molecule has 3 N–H and O–H groups in total. The quantitative estimate of drug-likeness (QED) is 0.0477. The van der Waals surface area contributed by atoms with Crippen LogP contribution in [0.5, 0.6) is 0 Å². The number of nitro groups is 1. The lowest BCUT2D eigenvalue weighted by atomic mass is 9.99. The molecule has 0 saturated carbocycles. The van der Waals surface area contributed by atoms with Gasteiger partial charge in [-0.1, -0.05) is 80.0 Å². The fraction of sp³-hybridized carbons (Fsp3) is 0.279. The average Bonchev–Trinajstić information content (AvgIpc) is 3.21. The molecule has 0 unspecified atom stereocenters. The molecule has 1 saturated heterocycles. The minimum atomic E-state index is -4.43. The van der Waals surface area contributed by atoms with Crippen LogP contribution in [0.3, 0.4) is 0 Å². The third kappa shape index (κ3) is 11.6. The van der Waals surface area contributed by atoms with Crippen LogP contribution in [0.1, 0.15) is 36.2 Å². The van der Waals surface area contributed by atoms with Crippen LogP contribution in [0.25, 0.3) is 11.1 Å². The van der Waals surface area contributed by atoms with Gasteiger partial charge in [-0.2, -0.15) is 0 Å². The summed E-state index contributed by atoms with van der Waals surface area (Å²) in [7, 11) is -4.43. The number of hydrogen-bond donors (Lipinski definition) is 3. The molecule has 0 aliphatic carbocycles. The Hall–Kier alpha value is -4.92. The standard InChI is InChI=1S/C43H47ClN6O5S2/c1-31(2)45-23-22-36(30-56-38-9-4-3-5-10-38)46-41-21-20-39(28-42(41)50(52)53)57(54,55)47-43(51)33-14-18-37(19-15-33)49-26-24-48(25-27-49)29-34-8-6-7-11-40(34)32-12-16-35(44)17-13-32/h3-21,28,31,36,45-46H,22-27,29-30H2,1-2H3,(H,47,51)/t36-/m1/s1. The summed E-state index contributed by atoms with van der Waals surface area (Å²) in [5, 5.41) is 19.6. The minimum absolute atomic E-state index is 0.154. The lowest BCUT2D eigenvalue weighted by Gasteiger charge is -2.36. The van der Waals surface area contributed by atoms with Crippen molar-refractivity contribution in [2.75, 3.05) is 48.7 Å². The maximum Gasteiger partial charge on any atom is 0.293 e. The maximum absolute atomic E-state index is 13.4. The first-order valence-corrected chi connectivity index (χ1v) is 21.7. The summed E-state index contributed by atoms with van der Waals surface area (Å²) >= 11 is 7.75. The van der Waals surface area contributed by atoms with Crippen LogP contribution in [-0.4, -0.2) is 74.7 Å². The first kappa shape index (κ1) is 41.7. The Kier molecular flexibility index (Phi) is 14.3. The van der Waals surface area contributed by atoms with Crippen molar-refractivity contribution < 1.29 is 18.1 Å². The molecule has 6 rings (SSSR count). The first-order valence-electron chi connectivity index (χ1n) is 18.9. The highest BCUT2D eigenvalue weighted by atomic mass is 35.5. The van der Waals surface area contributed by atoms with Crippen molar-refractivity contribution in [3.8, 4) is 11.1 Å². The van der Waals surface area contributed by atoms with Crippen LogP contribution in [0.15, 0.2) is 131 Å². The Morgan fingerprint density at radius 1 is 0.877 bits per heavy atom. The molecule has 298 valence electrons. The summed E-state index contributed by atoms with van der Waals surface area (Å²) in [6, 6.07) is 36.7. The van der Waals surface area contributed by atoms with Crippen molar-refractivity contribution in [1.82, 2.24) is 14.9 Å². The van der Waals surface area contributed by atoms with E-state index in [0.29, 0.717) is 23.7 Å². The summed E-state index contributed by atoms with van der Waals surface area (Å²) in [6.07, 6.45) is 0.682. The zero-order valence-electron chi connectivity index (χ0n) is 31.9. The monoisotopic (exact) mass is 826 g/mol. The average molecular weight is 827 g/mol. The van der Waals surface area contributed by atoms with E-state index in [4.69, 9.17) is 11.6 Å². The number of rotatable bonds is 17.